The van der Waals surface area contributed by atoms with Crippen molar-refractivity contribution in [3.05, 3.63) is 88.4 Å². The van der Waals surface area contributed by atoms with Crippen molar-refractivity contribution in [1.82, 2.24) is 0 Å². The highest BCUT2D eigenvalue weighted by Crippen LogP contribution is 2.42. The highest BCUT2D eigenvalue weighted by atomic mass is 79.9. The molecule has 166 valence electrons. The van der Waals surface area contributed by atoms with Gasteiger partial charge in [0.05, 0.1) is 10.6 Å². The largest absolute Gasteiger partial charge is 0.295 e. The first kappa shape index (κ1) is 22.9. The van der Waals surface area contributed by atoms with Crippen molar-refractivity contribution in [2.24, 2.45) is 0 Å². The van der Waals surface area contributed by atoms with E-state index < -0.39 is 10.0 Å². The van der Waals surface area contributed by atoms with Gasteiger partial charge in [-0.1, -0.05) is 54.0 Å². The number of carbonyl (C=O) groups excluding carboxylic acids is 1. The molecule has 1 aliphatic heterocycles. The van der Waals surface area contributed by atoms with Gasteiger partial charge in [0.25, 0.3) is 10.0 Å². The van der Waals surface area contributed by atoms with Gasteiger partial charge in [-0.2, -0.15) is 0 Å². The number of hydrogen-bond acceptors (Lipinski definition) is 4. The summed E-state index contributed by atoms with van der Waals surface area (Å²) >= 11 is 4.85. The Kier molecular flexibility index (Phi) is 6.65. The molecule has 1 heterocycles. The smallest absolute Gasteiger partial charge is 0.261 e. The third-order valence-corrected chi connectivity index (χ3v) is 8.39. The molecular formula is C24H23BrN2O3S2. The Balaban J connectivity index is 1.60. The van der Waals surface area contributed by atoms with Gasteiger partial charge < -0.3 is 0 Å². The maximum atomic E-state index is 12.8. The molecule has 0 aromatic heterocycles. The Labute approximate surface area is 201 Å². The van der Waals surface area contributed by atoms with Crippen LogP contribution in [0.1, 0.15) is 36.3 Å². The van der Waals surface area contributed by atoms with E-state index in [9.17, 15) is 13.2 Å². The van der Waals surface area contributed by atoms with Crippen LogP contribution in [0, 0.1) is 0 Å². The number of anilines is 2. The highest BCUT2D eigenvalue weighted by Gasteiger charge is 2.34. The molecule has 0 spiro atoms. The molecule has 0 aliphatic carbocycles. The molecule has 1 saturated heterocycles. The molecule has 8 heteroatoms. The van der Waals surface area contributed by atoms with Crippen molar-refractivity contribution in [2.45, 2.75) is 30.0 Å². The molecule has 1 amide bonds. The fourth-order valence-corrected chi connectivity index (χ4v) is 6.03. The first-order valence-electron chi connectivity index (χ1n) is 10.2. The van der Waals surface area contributed by atoms with Gasteiger partial charge in [-0.3, -0.25) is 14.4 Å². The standard InChI is InChI=1S/C24H23BrN2O3S2/c1-16(2)17-6-10-21(11-7-17)27-23(28)15-31-24(27)18-4-3-5-20(14-18)26-32(29,30)22-12-8-19(25)9-13-22/h3-14,16,24,26H,15H2,1-2H3. The summed E-state index contributed by atoms with van der Waals surface area (Å²) in [5, 5.41) is -0.218. The minimum absolute atomic E-state index is 0.0399. The number of thioether (sulfide) groups is 1. The number of carbonyl (C=O) groups is 1. The van der Waals surface area contributed by atoms with E-state index in [0.29, 0.717) is 17.4 Å². The highest BCUT2D eigenvalue weighted by molar-refractivity contribution is 9.10. The zero-order valence-corrected chi connectivity index (χ0v) is 20.9. The summed E-state index contributed by atoms with van der Waals surface area (Å²) in [5.74, 6) is 0.836. The lowest BCUT2D eigenvalue weighted by Crippen LogP contribution is -2.27. The van der Waals surface area contributed by atoms with Crippen molar-refractivity contribution in [2.75, 3.05) is 15.4 Å². The quantitative estimate of drug-likeness (QED) is 0.414. The van der Waals surface area contributed by atoms with Crippen LogP contribution in [0.15, 0.2) is 82.2 Å². The molecule has 3 aromatic carbocycles. The number of benzene rings is 3. The fraction of sp³-hybridized carbons (Fsp3) is 0.208. The van der Waals surface area contributed by atoms with Crippen molar-refractivity contribution in [1.29, 1.82) is 0 Å². The van der Waals surface area contributed by atoms with Crippen LogP contribution in [0.3, 0.4) is 0 Å². The number of hydrogen-bond donors (Lipinski definition) is 1. The number of rotatable bonds is 6. The molecule has 1 atom stereocenters. The predicted molar refractivity (Wildman–Crippen MR) is 135 cm³/mol. The number of amides is 1. The van der Waals surface area contributed by atoms with Crippen LogP contribution >= 0.6 is 27.7 Å². The lowest BCUT2D eigenvalue weighted by atomic mass is 10.0. The zero-order chi connectivity index (χ0) is 22.9. The Morgan fingerprint density at radius 2 is 1.72 bits per heavy atom. The van der Waals surface area contributed by atoms with Gasteiger partial charge >= 0.3 is 0 Å². The monoisotopic (exact) mass is 530 g/mol. The molecule has 1 N–H and O–H groups in total. The number of nitrogens with zero attached hydrogens (tertiary/aromatic N) is 1. The van der Waals surface area contributed by atoms with E-state index in [-0.39, 0.29) is 16.2 Å². The Morgan fingerprint density at radius 1 is 1.03 bits per heavy atom. The predicted octanol–water partition coefficient (Wildman–Crippen LogP) is 6.15. The molecule has 1 fully saturated rings. The SMILES string of the molecule is CC(C)c1ccc(N2C(=O)CSC2c2cccc(NS(=O)(=O)c3ccc(Br)cc3)c2)cc1. The zero-order valence-electron chi connectivity index (χ0n) is 17.7. The van der Waals surface area contributed by atoms with Crippen LogP contribution in [0.5, 0.6) is 0 Å². The summed E-state index contributed by atoms with van der Waals surface area (Å²) in [4.78, 5) is 14.7. The normalized spacial score (nSPS) is 16.6. The van der Waals surface area contributed by atoms with Crippen molar-refractivity contribution in [3.63, 3.8) is 0 Å². The molecule has 0 radical (unpaired) electrons. The summed E-state index contributed by atoms with van der Waals surface area (Å²) in [7, 11) is -3.72. The van der Waals surface area contributed by atoms with E-state index in [0.717, 1.165) is 15.7 Å². The van der Waals surface area contributed by atoms with E-state index in [1.54, 1.807) is 47.4 Å². The first-order chi connectivity index (χ1) is 15.2. The Hall–Kier alpha value is -2.29. The van der Waals surface area contributed by atoms with Crippen LogP contribution in [0.25, 0.3) is 0 Å². The molecule has 5 nitrogen and oxygen atoms in total. The van der Waals surface area contributed by atoms with Crippen LogP contribution in [-0.2, 0) is 14.8 Å². The van der Waals surface area contributed by atoms with Crippen LogP contribution in [0.2, 0.25) is 0 Å². The summed E-state index contributed by atoms with van der Waals surface area (Å²) in [6, 6.07) is 21.8. The third kappa shape index (κ3) is 4.87. The van der Waals surface area contributed by atoms with Gasteiger partial charge in [0.15, 0.2) is 0 Å². The van der Waals surface area contributed by atoms with Gasteiger partial charge in [0.1, 0.15) is 5.37 Å². The van der Waals surface area contributed by atoms with Gasteiger partial charge in [-0.25, -0.2) is 8.42 Å². The average Bonchev–Trinajstić information content (AvgIpc) is 3.15. The number of halogens is 1. The van der Waals surface area contributed by atoms with Gasteiger partial charge in [-0.15, -0.1) is 11.8 Å². The average molecular weight is 531 g/mol. The molecule has 32 heavy (non-hydrogen) atoms. The molecule has 0 bridgehead atoms. The van der Waals surface area contributed by atoms with E-state index in [1.807, 2.05) is 18.2 Å². The van der Waals surface area contributed by atoms with Crippen LogP contribution < -0.4 is 9.62 Å². The molecule has 3 aromatic rings. The van der Waals surface area contributed by atoms with Crippen molar-refractivity contribution in [3.8, 4) is 0 Å². The van der Waals surface area contributed by atoms with Crippen LogP contribution in [0.4, 0.5) is 11.4 Å². The number of sulfonamides is 1. The van der Waals surface area contributed by atoms with Crippen molar-refractivity contribution >= 4 is 55.0 Å². The maximum Gasteiger partial charge on any atom is 0.261 e. The molecule has 1 aliphatic rings. The third-order valence-electron chi connectivity index (χ3n) is 5.25. The second kappa shape index (κ2) is 9.29. The second-order valence-electron chi connectivity index (χ2n) is 7.86. The molecule has 1 unspecified atom stereocenters. The summed E-state index contributed by atoms with van der Waals surface area (Å²) in [6.45, 7) is 4.27. The Morgan fingerprint density at radius 3 is 2.38 bits per heavy atom. The Bertz CT molecular complexity index is 1230. The van der Waals surface area contributed by atoms with Gasteiger partial charge in [-0.05, 0) is 65.6 Å². The lowest BCUT2D eigenvalue weighted by molar-refractivity contribution is -0.115. The second-order valence-corrected chi connectivity index (χ2v) is 11.5. The summed E-state index contributed by atoms with van der Waals surface area (Å²) in [6.07, 6.45) is 0. The van der Waals surface area contributed by atoms with E-state index >= 15 is 0 Å². The van der Waals surface area contributed by atoms with E-state index in [2.05, 4.69) is 46.6 Å². The molecular weight excluding hydrogens is 508 g/mol. The van der Waals surface area contributed by atoms with Crippen molar-refractivity contribution < 1.29 is 13.2 Å². The lowest BCUT2D eigenvalue weighted by Gasteiger charge is -2.25. The topological polar surface area (TPSA) is 66.5 Å². The first-order valence-corrected chi connectivity index (χ1v) is 13.5. The maximum absolute atomic E-state index is 12.8. The van der Waals surface area contributed by atoms with E-state index in [4.69, 9.17) is 0 Å². The molecule has 4 rings (SSSR count). The van der Waals surface area contributed by atoms with E-state index in [1.165, 1.54) is 17.3 Å². The minimum Gasteiger partial charge on any atom is -0.295 e. The summed E-state index contributed by atoms with van der Waals surface area (Å²) < 4.78 is 29.0. The van der Waals surface area contributed by atoms with Gasteiger partial charge in [0.2, 0.25) is 5.91 Å². The summed E-state index contributed by atoms with van der Waals surface area (Å²) in [5.41, 5.74) is 3.38. The molecule has 0 saturated carbocycles. The number of nitrogens with one attached hydrogen (secondary N) is 1. The van der Waals surface area contributed by atoms with Gasteiger partial charge in [0, 0.05) is 15.8 Å². The van der Waals surface area contributed by atoms with Crippen LogP contribution in [-0.4, -0.2) is 20.1 Å². The fourth-order valence-electron chi connectivity index (χ4n) is 3.55. The minimum atomic E-state index is -3.72.